The summed E-state index contributed by atoms with van der Waals surface area (Å²) in [4.78, 5) is 15.3. The van der Waals surface area contributed by atoms with Gasteiger partial charge < -0.3 is 8.98 Å². The molecule has 9 aromatic carbocycles. The average Bonchev–Trinajstić information content (AvgIpc) is 3.83. The van der Waals surface area contributed by atoms with Crippen LogP contribution in [0.25, 0.3) is 116 Å². The van der Waals surface area contributed by atoms with E-state index in [1.54, 1.807) is 0 Å². The van der Waals surface area contributed by atoms with Crippen LogP contribution in [0.15, 0.2) is 199 Å². The molecule has 0 fully saturated rings. The molecule has 0 aliphatic heterocycles. The predicted molar refractivity (Wildman–Crippen MR) is 238 cm³/mol. The number of nitrogens with zero attached hydrogens (tertiary/aromatic N) is 4. The summed E-state index contributed by atoms with van der Waals surface area (Å²) in [5.74, 6) is 1.86. The molecular formula is C53H32N4O. The van der Waals surface area contributed by atoms with Crippen molar-refractivity contribution in [2.75, 3.05) is 0 Å². The third kappa shape index (κ3) is 5.14. The van der Waals surface area contributed by atoms with Crippen LogP contribution in [0, 0.1) is 0 Å². The molecule has 12 aromatic rings. The van der Waals surface area contributed by atoms with Gasteiger partial charge in [-0.1, -0.05) is 146 Å². The van der Waals surface area contributed by atoms with Crippen LogP contribution >= 0.6 is 0 Å². The van der Waals surface area contributed by atoms with E-state index in [1.165, 1.54) is 21.5 Å². The Morgan fingerprint density at radius 2 is 0.931 bits per heavy atom. The van der Waals surface area contributed by atoms with Crippen LogP contribution < -0.4 is 0 Å². The van der Waals surface area contributed by atoms with Gasteiger partial charge in [-0.3, -0.25) is 0 Å². The highest BCUT2D eigenvalue weighted by atomic mass is 16.3. The molecule has 0 radical (unpaired) electrons. The van der Waals surface area contributed by atoms with Crippen LogP contribution in [-0.4, -0.2) is 19.5 Å². The molecule has 5 heteroatoms. The van der Waals surface area contributed by atoms with Crippen molar-refractivity contribution < 1.29 is 4.42 Å². The van der Waals surface area contributed by atoms with E-state index in [9.17, 15) is 0 Å². The van der Waals surface area contributed by atoms with Gasteiger partial charge in [-0.15, -0.1) is 0 Å². The number of hydrogen-bond acceptors (Lipinski definition) is 4. The molecule has 0 aliphatic rings. The molecule has 0 atom stereocenters. The van der Waals surface area contributed by atoms with Crippen LogP contribution in [0.1, 0.15) is 0 Å². The van der Waals surface area contributed by atoms with Gasteiger partial charge in [0.05, 0.1) is 11.0 Å². The van der Waals surface area contributed by atoms with Crippen LogP contribution in [0.2, 0.25) is 0 Å². The molecule has 5 nitrogen and oxygen atoms in total. The van der Waals surface area contributed by atoms with Gasteiger partial charge in [-0.25, -0.2) is 15.0 Å². The van der Waals surface area contributed by atoms with Gasteiger partial charge >= 0.3 is 0 Å². The Hall–Kier alpha value is -7.89. The normalized spacial score (nSPS) is 11.8. The van der Waals surface area contributed by atoms with Crippen LogP contribution in [0.5, 0.6) is 0 Å². The minimum atomic E-state index is 0.607. The molecule has 0 spiro atoms. The maximum atomic E-state index is 7.00. The summed E-state index contributed by atoms with van der Waals surface area (Å²) in [6.07, 6.45) is 0. The molecule has 0 N–H and O–H groups in total. The number of rotatable bonds is 5. The zero-order valence-electron chi connectivity index (χ0n) is 31.2. The van der Waals surface area contributed by atoms with E-state index >= 15 is 0 Å². The minimum Gasteiger partial charge on any atom is -0.455 e. The summed E-state index contributed by atoms with van der Waals surface area (Å²) in [6.45, 7) is 0. The molecule has 0 aliphatic carbocycles. The molecule has 3 aromatic heterocycles. The van der Waals surface area contributed by atoms with Gasteiger partial charge in [0.1, 0.15) is 11.2 Å². The van der Waals surface area contributed by atoms with Crippen molar-refractivity contribution in [3.63, 3.8) is 0 Å². The second kappa shape index (κ2) is 12.8. The standard InChI is InChI=1S/C53H32N4O/c1-4-14-33(15-5-1)38-24-26-40-44(29-38)50-45(32-46(40)53-55-51(34-16-6-2-7-17-34)54-52(56-53)35-18-8-3-9-19-35)42-27-25-39(31-49(42)58-50)57-47-23-13-12-22-41(47)43-28-36-20-10-11-21-37(36)30-48(43)57/h1-32H. The molecule has 12 rings (SSSR count). The highest BCUT2D eigenvalue weighted by Gasteiger charge is 2.21. The van der Waals surface area contributed by atoms with Crippen molar-refractivity contribution in [2.24, 2.45) is 0 Å². The first kappa shape index (κ1) is 32.4. The minimum absolute atomic E-state index is 0.607. The molecule has 0 unspecified atom stereocenters. The third-order valence-corrected chi connectivity index (χ3v) is 11.4. The number of benzene rings is 9. The van der Waals surface area contributed by atoms with E-state index in [0.717, 1.165) is 77.2 Å². The molecular weight excluding hydrogens is 709 g/mol. The summed E-state index contributed by atoms with van der Waals surface area (Å²) in [7, 11) is 0. The van der Waals surface area contributed by atoms with E-state index in [2.05, 4.69) is 132 Å². The molecule has 270 valence electrons. The van der Waals surface area contributed by atoms with Crippen LogP contribution in [0.3, 0.4) is 0 Å². The summed E-state index contributed by atoms with van der Waals surface area (Å²) in [5, 5.41) is 8.92. The lowest BCUT2D eigenvalue weighted by Crippen LogP contribution is -2.00. The second-order valence-electron chi connectivity index (χ2n) is 14.8. The number of aromatic nitrogens is 4. The molecule has 0 amide bonds. The first-order valence-corrected chi connectivity index (χ1v) is 19.5. The summed E-state index contributed by atoms with van der Waals surface area (Å²) in [5.41, 5.74) is 10.0. The number of furan rings is 1. The fourth-order valence-corrected chi connectivity index (χ4v) is 8.63. The number of fused-ring (bicyclic) bond motifs is 9. The Balaban J connectivity index is 1.13. The van der Waals surface area contributed by atoms with E-state index < -0.39 is 0 Å². The zero-order valence-corrected chi connectivity index (χ0v) is 31.2. The predicted octanol–water partition coefficient (Wildman–Crippen LogP) is 13.8. The maximum absolute atomic E-state index is 7.00. The summed E-state index contributed by atoms with van der Waals surface area (Å²) < 4.78 is 9.36. The Labute approximate surface area is 333 Å². The van der Waals surface area contributed by atoms with Gasteiger partial charge in [-0.05, 0) is 69.8 Å². The quantitative estimate of drug-likeness (QED) is 0.176. The monoisotopic (exact) mass is 740 g/mol. The largest absolute Gasteiger partial charge is 0.455 e. The number of para-hydroxylation sites is 1. The van der Waals surface area contributed by atoms with Crippen LogP contribution in [-0.2, 0) is 0 Å². The summed E-state index contributed by atoms with van der Waals surface area (Å²) >= 11 is 0. The van der Waals surface area contributed by atoms with Crippen molar-refractivity contribution in [1.29, 1.82) is 0 Å². The highest BCUT2D eigenvalue weighted by Crippen LogP contribution is 2.43. The van der Waals surface area contributed by atoms with Crippen LogP contribution in [0.4, 0.5) is 0 Å². The first-order valence-electron chi connectivity index (χ1n) is 19.5. The van der Waals surface area contributed by atoms with Gasteiger partial charge in [-0.2, -0.15) is 0 Å². The van der Waals surface area contributed by atoms with Crippen molar-refractivity contribution in [3.05, 3.63) is 194 Å². The Kier molecular flexibility index (Phi) is 7.16. The SMILES string of the molecule is c1ccc(-c2ccc3c(-c4nc(-c5ccccc5)nc(-c5ccccc5)n4)cc4c5ccc(-n6c7ccccc7c7cc8ccccc8cc76)cc5oc4c3c2)cc1. The third-order valence-electron chi connectivity index (χ3n) is 11.4. The van der Waals surface area contributed by atoms with Crippen molar-refractivity contribution in [2.45, 2.75) is 0 Å². The van der Waals surface area contributed by atoms with E-state index in [1.807, 2.05) is 66.7 Å². The molecule has 58 heavy (non-hydrogen) atoms. The molecule has 0 saturated heterocycles. The van der Waals surface area contributed by atoms with Crippen molar-refractivity contribution >= 4 is 65.3 Å². The lowest BCUT2D eigenvalue weighted by molar-refractivity contribution is 0.672. The van der Waals surface area contributed by atoms with E-state index in [4.69, 9.17) is 19.4 Å². The maximum Gasteiger partial charge on any atom is 0.164 e. The van der Waals surface area contributed by atoms with Gasteiger partial charge in [0.25, 0.3) is 0 Å². The molecule has 0 bridgehead atoms. The van der Waals surface area contributed by atoms with Gasteiger partial charge in [0.15, 0.2) is 17.5 Å². The lowest BCUT2D eigenvalue weighted by Gasteiger charge is -2.12. The fraction of sp³-hybridized carbons (Fsp3) is 0. The Bertz CT molecular complexity index is 3500. The number of hydrogen-bond donors (Lipinski definition) is 0. The summed E-state index contributed by atoms with van der Waals surface area (Å²) in [6, 6.07) is 68.0. The Morgan fingerprint density at radius 1 is 0.345 bits per heavy atom. The molecule has 3 heterocycles. The Morgan fingerprint density at radius 3 is 1.66 bits per heavy atom. The van der Waals surface area contributed by atoms with Crippen molar-refractivity contribution in [3.8, 4) is 51.0 Å². The van der Waals surface area contributed by atoms with Gasteiger partial charge in [0, 0.05) is 55.4 Å². The van der Waals surface area contributed by atoms with Crippen molar-refractivity contribution in [1.82, 2.24) is 19.5 Å². The fourth-order valence-electron chi connectivity index (χ4n) is 8.63. The lowest BCUT2D eigenvalue weighted by atomic mass is 9.95. The average molecular weight is 741 g/mol. The first-order chi connectivity index (χ1) is 28.7. The van der Waals surface area contributed by atoms with Gasteiger partial charge in [0.2, 0.25) is 0 Å². The molecule has 0 saturated carbocycles. The topological polar surface area (TPSA) is 56.7 Å². The highest BCUT2D eigenvalue weighted by molar-refractivity contribution is 6.20. The smallest absolute Gasteiger partial charge is 0.164 e. The second-order valence-corrected chi connectivity index (χ2v) is 14.8. The zero-order chi connectivity index (χ0) is 38.2. The van der Waals surface area contributed by atoms with E-state index in [0.29, 0.717) is 17.5 Å². The van der Waals surface area contributed by atoms with E-state index in [-0.39, 0.29) is 0 Å².